The summed E-state index contributed by atoms with van der Waals surface area (Å²) in [7, 11) is 3.08. The first kappa shape index (κ1) is 17.3. The molecule has 0 aliphatic heterocycles. The van der Waals surface area contributed by atoms with E-state index < -0.39 is 0 Å². The molecule has 2 aromatic carbocycles. The Labute approximate surface area is 159 Å². The zero-order valence-electron chi connectivity index (χ0n) is 15.4. The lowest BCUT2D eigenvalue weighted by atomic mass is 10.1. The van der Waals surface area contributed by atoms with Gasteiger partial charge in [-0.3, -0.25) is 4.79 Å². The second-order valence-electron chi connectivity index (χ2n) is 6.19. The van der Waals surface area contributed by atoms with Gasteiger partial charge in [-0.1, -0.05) is 23.5 Å². The van der Waals surface area contributed by atoms with Gasteiger partial charge in [-0.05, 0) is 37.1 Å². The number of aryl methyl sites for hydroxylation is 2. The molecule has 0 atom stereocenters. The predicted octanol–water partition coefficient (Wildman–Crippen LogP) is 3.68. The maximum absolute atomic E-state index is 12.9. The Kier molecular flexibility index (Phi) is 4.19. The first-order valence-electron chi connectivity index (χ1n) is 8.30. The predicted molar refractivity (Wildman–Crippen MR) is 107 cm³/mol. The minimum atomic E-state index is -0.249. The minimum Gasteiger partial charge on any atom is -0.493 e. The summed E-state index contributed by atoms with van der Waals surface area (Å²) < 4.78 is 11.9. The molecule has 0 saturated heterocycles. The van der Waals surface area contributed by atoms with E-state index in [0.717, 1.165) is 16.8 Å². The van der Waals surface area contributed by atoms with Crippen molar-refractivity contribution in [2.45, 2.75) is 13.8 Å². The van der Waals surface area contributed by atoms with Crippen LogP contribution in [0.3, 0.4) is 0 Å². The van der Waals surface area contributed by atoms with Crippen LogP contribution < -0.4 is 20.3 Å². The van der Waals surface area contributed by atoms with Crippen LogP contribution in [-0.4, -0.2) is 28.8 Å². The Morgan fingerprint density at radius 1 is 1.07 bits per heavy atom. The Bertz CT molecular complexity index is 1230. The SMILES string of the molecule is COc1cc2nc3sc(Nc4cc(C)ccc4C)nn3c(=O)c2cc1OC. The first-order valence-corrected chi connectivity index (χ1v) is 9.11. The van der Waals surface area contributed by atoms with Gasteiger partial charge in [0.05, 0.1) is 25.1 Å². The van der Waals surface area contributed by atoms with Crippen molar-refractivity contribution in [3.8, 4) is 11.5 Å². The molecule has 0 amide bonds. The third kappa shape index (κ3) is 2.97. The summed E-state index contributed by atoms with van der Waals surface area (Å²) in [6.45, 7) is 4.05. The van der Waals surface area contributed by atoms with Crippen molar-refractivity contribution in [1.82, 2.24) is 14.6 Å². The quantitative estimate of drug-likeness (QED) is 0.580. The smallest absolute Gasteiger partial charge is 0.283 e. The van der Waals surface area contributed by atoms with Crippen LogP contribution in [0.25, 0.3) is 15.9 Å². The van der Waals surface area contributed by atoms with Gasteiger partial charge in [0.15, 0.2) is 11.5 Å². The van der Waals surface area contributed by atoms with Gasteiger partial charge in [0, 0.05) is 11.8 Å². The van der Waals surface area contributed by atoms with Crippen LogP contribution in [0.5, 0.6) is 11.5 Å². The van der Waals surface area contributed by atoms with E-state index in [1.165, 1.54) is 23.0 Å². The Balaban J connectivity index is 1.86. The first-order chi connectivity index (χ1) is 13.0. The zero-order chi connectivity index (χ0) is 19.1. The second kappa shape index (κ2) is 6.55. The average Bonchev–Trinajstić information content (AvgIpc) is 3.06. The number of hydrogen-bond donors (Lipinski definition) is 1. The van der Waals surface area contributed by atoms with E-state index in [2.05, 4.69) is 21.5 Å². The fourth-order valence-corrected chi connectivity index (χ4v) is 3.68. The van der Waals surface area contributed by atoms with E-state index in [-0.39, 0.29) is 5.56 Å². The van der Waals surface area contributed by atoms with E-state index >= 15 is 0 Å². The number of ether oxygens (including phenoxy) is 2. The van der Waals surface area contributed by atoms with Crippen molar-refractivity contribution in [3.63, 3.8) is 0 Å². The van der Waals surface area contributed by atoms with E-state index in [4.69, 9.17) is 9.47 Å². The van der Waals surface area contributed by atoms with Crippen LogP contribution in [0.1, 0.15) is 11.1 Å². The van der Waals surface area contributed by atoms with Gasteiger partial charge in [-0.2, -0.15) is 4.52 Å². The van der Waals surface area contributed by atoms with Crippen LogP contribution in [0, 0.1) is 13.8 Å². The third-order valence-corrected chi connectivity index (χ3v) is 5.16. The molecule has 27 heavy (non-hydrogen) atoms. The molecular formula is C19H18N4O3S. The highest BCUT2D eigenvalue weighted by molar-refractivity contribution is 7.20. The number of anilines is 2. The summed E-state index contributed by atoms with van der Waals surface area (Å²) in [5, 5.41) is 8.72. The molecule has 0 saturated carbocycles. The summed E-state index contributed by atoms with van der Waals surface area (Å²) in [5.41, 5.74) is 3.49. The van der Waals surface area contributed by atoms with Gasteiger partial charge >= 0.3 is 0 Å². The molecular weight excluding hydrogens is 364 g/mol. The van der Waals surface area contributed by atoms with Crippen molar-refractivity contribution in [2.75, 3.05) is 19.5 Å². The highest BCUT2D eigenvalue weighted by Crippen LogP contribution is 2.31. The average molecular weight is 382 g/mol. The lowest BCUT2D eigenvalue weighted by Gasteiger charge is -2.08. The summed E-state index contributed by atoms with van der Waals surface area (Å²) in [6, 6.07) is 9.48. The van der Waals surface area contributed by atoms with Crippen LogP contribution in [0.15, 0.2) is 35.1 Å². The molecule has 0 fully saturated rings. The maximum atomic E-state index is 12.9. The number of aromatic nitrogens is 3. The normalized spacial score (nSPS) is 11.1. The monoisotopic (exact) mass is 382 g/mol. The van der Waals surface area contributed by atoms with Crippen molar-refractivity contribution < 1.29 is 9.47 Å². The van der Waals surface area contributed by atoms with Crippen LogP contribution in [0.4, 0.5) is 10.8 Å². The molecule has 7 nitrogen and oxygen atoms in total. The molecule has 8 heteroatoms. The number of benzene rings is 2. The summed E-state index contributed by atoms with van der Waals surface area (Å²) in [6.07, 6.45) is 0. The molecule has 2 aromatic heterocycles. The summed E-state index contributed by atoms with van der Waals surface area (Å²) >= 11 is 1.32. The zero-order valence-corrected chi connectivity index (χ0v) is 16.2. The minimum absolute atomic E-state index is 0.249. The largest absolute Gasteiger partial charge is 0.493 e. The Morgan fingerprint density at radius 3 is 2.56 bits per heavy atom. The van der Waals surface area contributed by atoms with Crippen LogP contribution in [0.2, 0.25) is 0 Å². The molecule has 4 aromatic rings. The molecule has 0 aliphatic rings. The maximum Gasteiger partial charge on any atom is 0.283 e. The molecule has 4 rings (SSSR count). The number of nitrogens with one attached hydrogen (secondary N) is 1. The Morgan fingerprint density at radius 2 is 1.81 bits per heavy atom. The molecule has 1 N–H and O–H groups in total. The van der Waals surface area contributed by atoms with E-state index in [1.807, 2.05) is 26.0 Å². The van der Waals surface area contributed by atoms with Gasteiger partial charge in [-0.25, -0.2) is 4.98 Å². The third-order valence-electron chi connectivity index (χ3n) is 4.34. The highest BCUT2D eigenvalue weighted by Gasteiger charge is 2.15. The highest BCUT2D eigenvalue weighted by atomic mass is 32.1. The molecule has 0 bridgehead atoms. The van der Waals surface area contributed by atoms with Gasteiger partial charge < -0.3 is 14.8 Å². The fourth-order valence-electron chi connectivity index (χ4n) is 2.87. The number of fused-ring (bicyclic) bond motifs is 2. The van der Waals surface area contributed by atoms with E-state index in [0.29, 0.717) is 32.5 Å². The molecule has 0 aliphatic carbocycles. The molecule has 0 radical (unpaired) electrons. The summed E-state index contributed by atoms with van der Waals surface area (Å²) in [4.78, 5) is 18.0. The topological polar surface area (TPSA) is 77.8 Å². The lowest BCUT2D eigenvalue weighted by molar-refractivity contribution is 0.355. The van der Waals surface area contributed by atoms with Gasteiger partial charge in [0.2, 0.25) is 10.1 Å². The van der Waals surface area contributed by atoms with Gasteiger partial charge in [0.1, 0.15) is 0 Å². The number of methoxy groups -OCH3 is 2. The number of rotatable bonds is 4. The molecule has 0 unspecified atom stereocenters. The van der Waals surface area contributed by atoms with Crippen molar-refractivity contribution in [1.29, 1.82) is 0 Å². The van der Waals surface area contributed by atoms with Crippen molar-refractivity contribution in [3.05, 3.63) is 51.8 Å². The molecule has 0 spiro atoms. The standard InChI is InChI=1S/C19H18N4O3S/c1-10-5-6-11(2)13(7-10)20-18-22-23-17(24)12-8-15(25-3)16(26-4)9-14(12)21-19(23)27-18/h5-9H,1-4H3,(H,20,22). The van der Waals surface area contributed by atoms with Crippen LogP contribution >= 0.6 is 11.3 Å². The fraction of sp³-hybridized carbons (Fsp3) is 0.211. The van der Waals surface area contributed by atoms with Crippen LogP contribution in [-0.2, 0) is 0 Å². The molecule has 2 heterocycles. The lowest BCUT2D eigenvalue weighted by Crippen LogP contribution is -2.15. The van der Waals surface area contributed by atoms with Gasteiger partial charge in [0.25, 0.3) is 5.56 Å². The summed E-state index contributed by atoms with van der Waals surface area (Å²) in [5.74, 6) is 1.01. The van der Waals surface area contributed by atoms with Crippen molar-refractivity contribution in [2.24, 2.45) is 0 Å². The van der Waals surface area contributed by atoms with Crippen molar-refractivity contribution >= 4 is 38.0 Å². The van der Waals surface area contributed by atoms with E-state index in [1.54, 1.807) is 19.2 Å². The number of nitrogens with zero attached hydrogens (tertiary/aromatic N) is 3. The second-order valence-corrected chi connectivity index (χ2v) is 7.14. The van der Waals surface area contributed by atoms with E-state index in [9.17, 15) is 4.79 Å². The van der Waals surface area contributed by atoms with Gasteiger partial charge in [-0.15, -0.1) is 5.10 Å². The number of hydrogen-bond acceptors (Lipinski definition) is 7. The molecule has 138 valence electrons. The Hall–Kier alpha value is -3.13.